The maximum Gasteiger partial charge on any atom is 0.185 e. The van der Waals surface area contributed by atoms with E-state index < -0.39 is 0 Å². The summed E-state index contributed by atoms with van der Waals surface area (Å²) < 4.78 is 0. The largest absolute Gasteiger partial charge is 0.354 e. The number of anilines is 1. The van der Waals surface area contributed by atoms with E-state index >= 15 is 0 Å². The van der Waals surface area contributed by atoms with Crippen molar-refractivity contribution in [3.8, 4) is 11.3 Å². The summed E-state index contributed by atoms with van der Waals surface area (Å²) in [6, 6.07) is 6.85. The molecule has 0 bridgehead atoms. The van der Waals surface area contributed by atoms with E-state index in [1.807, 2.05) is 14.1 Å². The minimum atomic E-state index is 1.07. The summed E-state index contributed by atoms with van der Waals surface area (Å²) in [6.45, 7) is 0. The van der Waals surface area contributed by atoms with Crippen molar-refractivity contribution in [1.82, 2.24) is 4.98 Å². The van der Waals surface area contributed by atoms with Crippen LogP contribution in [0.25, 0.3) is 11.3 Å². The van der Waals surface area contributed by atoms with Gasteiger partial charge in [0.15, 0.2) is 5.13 Å². The van der Waals surface area contributed by atoms with Crippen LogP contribution in [-0.2, 0) is 12.8 Å². The molecule has 0 spiro atoms. The van der Waals surface area contributed by atoms with E-state index in [-0.39, 0.29) is 0 Å². The van der Waals surface area contributed by atoms with E-state index in [4.69, 9.17) is 0 Å². The van der Waals surface area contributed by atoms with E-state index in [1.165, 1.54) is 42.4 Å². The Kier molecular flexibility index (Phi) is 3.08. The third-order valence-electron chi connectivity index (χ3n) is 3.52. The minimum Gasteiger partial charge on any atom is -0.354 e. The molecule has 0 saturated carbocycles. The zero-order chi connectivity index (χ0) is 12.5. The first-order chi connectivity index (χ1) is 8.74. The van der Waals surface area contributed by atoms with Gasteiger partial charge in [0.1, 0.15) is 0 Å². The zero-order valence-corrected chi connectivity index (χ0v) is 11.8. The molecule has 0 amide bonds. The second-order valence-electron chi connectivity index (χ2n) is 5.10. The number of aryl methyl sites for hydroxylation is 2. The van der Waals surface area contributed by atoms with Crippen molar-refractivity contribution >= 4 is 16.5 Å². The van der Waals surface area contributed by atoms with Gasteiger partial charge in [0, 0.05) is 25.0 Å². The molecule has 0 saturated heterocycles. The van der Waals surface area contributed by atoms with Crippen molar-refractivity contribution in [2.75, 3.05) is 19.0 Å². The van der Waals surface area contributed by atoms with Crippen LogP contribution in [0.4, 0.5) is 5.13 Å². The molecule has 0 fully saturated rings. The topological polar surface area (TPSA) is 16.1 Å². The Morgan fingerprint density at radius 2 is 1.89 bits per heavy atom. The van der Waals surface area contributed by atoms with Gasteiger partial charge in [-0.15, -0.1) is 11.3 Å². The number of aromatic nitrogens is 1. The molecule has 1 aromatic heterocycles. The second kappa shape index (κ2) is 4.73. The maximum atomic E-state index is 4.67. The van der Waals surface area contributed by atoms with E-state index in [9.17, 15) is 0 Å². The Labute approximate surface area is 112 Å². The number of benzene rings is 1. The smallest absolute Gasteiger partial charge is 0.185 e. The van der Waals surface area contributed by atoms with Gasteiger partial charge in [-0.2, -0.15) is 0 Å². The molecule has 1 aromatic carbocycles. The molecule has 1 aliphatic carbocycles. The van der Waals surface area contributed by atoms with Gasteiger partial charge in [0.2, 0.25) is 0 Å². The average molecular weight is 258 g/mol. The first kappa shape index (κ1) is 11.7. The van der Waals surface area contributed by atoms with Crippen molar-refractivity contribution in [2.45, 2.75) is 25.7 Å². The van der Waals surface area contributed by atoms with Crippen LogP contribution in [0.5, 0.6) is 0 Å². The van der Waals surface area contributed by atoms with Crippen LogP contribution in [0.3, 0.4) is 0 Å². The van der Waals surface area contributed by atoms with Crippen molar-refractivity contribution < 1.29 is 0 Å². The Hall–Kier alpha value is -1.35. The fourth-order valence-corrected chi connectivity index (χ4v) is 3.26. The molecular formula is C15H18N2S. The first-order valence-electron chi connectivity index (χ1n) is 6.49. The fourth-order valence-electron chi connectivity index (χ4n) is 2.50. The summed E-state index contributed by atoms with van der Waals surface area (Å²) in [4.78, 5) is 6.74. The van der Waals surface area contributed by atoms with Crippen molar-refractivity contribution in [3.63, 3.8) is 0 Å². The Bertz CT molecular complexity index is 557. The summed E-state index contributed by atoms with van der Waals surface area (Å²) >= 11 is 1.70. The maximum absolute atomic E-state index is 4.67. The number of thiazole rings is 1. The van der Waals surface area contributed by atoms with Gasteiger partial charge in [-0.3, -0.25) is 0 Å². The fraction of sp³-hybridized carbons (Fsp3) is 0.400. The predicted molar refractivity (Wildman–Crippen MR) is 78.5 cm³/mol. The van der Waals surface area contributed by atoms with Gasteiger partial charge in [-0.25, -0.2) is 4.98 Å². The molecule has 0 aliphatic heterocycles. The molecule has 0 unspecified atom stereocenters. The van der Waals surface area contributed by atoms with Gasteiger partial charge >= 0.3 is 0 Å². The monoisotopic (exact) mass is 258 g/mol. The van der Waals surface area contributed by atoms with Crippen LogP contribution in [0.2, 0.25) is 0 Å². The van der Waals surface area contributed by atoms with Crippen LogP contribution in [0.15, 0.2) is 23.6 Å². The summed E-state index contributed by atoms with van der Waals surface area (Å²) in [5.41, 5.74) is 5.43. The van der Waals surface area contributed by atoms with Crippen LogP contribution < -0.4 is 4.90 Å². The second-order valence-corrected chi connectivity index (χ2v) is 5.94. The van der Waals surface area contributed by atoms with E-state index in [1.54, 1.807) is 11.3 Å². The molecule has 2 aromatic rings. The van der Waals surface area contributed by atoms with Gasteiger partial charge < -0.3 is 4.90 Å². The number of fused-ring (bicyclic) bond motifs is 1. The van der Waals surface area contributed by atoms with Gasteiger partial charge in [-0.1, -0.05) is 12.1 Å². The number of nitrogens with zero attached hydrogens (tertiary/aromatic N) is 2. The molecule has 0 atom stereocenters. The number of rotatable bonds is 2. The first-order valence-corrected chi connectivity index (χ1v) is 7.37. The van der Waals surface area contributed by atoms with Gasteiger partial charge in [0.25, 0.3) is 0 Å². The molecule has 0 N–H and O–H groups in total. The molecule has 1 heterocycles. The third kappa shape index (κ3) is 2.15. The highest BCUT2D eigenvalue weighted by molar-refractivity contribution is 7.14. The highest BCUT2D eigenvalue weighted by Gasteiger charge is 2.12. The highest BCUT2D eigenvalue weighted by Crippen LogP contribution is 2.30. The Morgan fingerprint density at radius 3 is 2.61 bits per heavy atom. The highest BCUT2D eigenvalue weighted by atomic mass is 32.1. The van der Waals surface area contributed by atoms with Crippen LogP contribution in [-0.4, -0.2) is 19.1 Å². The molecule has 3 rings (SSSR count). The minimum absolute atomic E-state index is 1.07. The van der Waals surface area contributed by atoms with Gasteiger partial charge in [0.05, 0.1) is 5.69 Å². The van der Waals surface area contributed by atoms with Crippen molar-refractivity contribution in [2.24, 2.45) is 0 Å². The molecule has 94 valence electrons. The van der Waals surface area contributed by atoms with E-state index in [0.29, 0.717) is 0 Å². The van der Waals surface area contributed by atoms with Crippen LogP contribution in [0.1, 0.15) is 24.0 Å². The quantitative estimate of drug-likeness (QED) is 0.815. The lowest BCUT2D eigenvalue weighted by atomic mass is 9.90. The molecular weight excluding hydrogens is 240 g/mol. The molecule has 18 heavy (non-hydrogen) atoms. The normalized spacial score (nSPS) is 14.3. The molecule has 1 aliphatic rings. The van der Waals surface area contributed by atoms with E-state index in [2.05, 4.69) is 33.5 Å². The lowest BCUT2D eigenvalue weighted by Gasteiger charge is -2.16. The lowest BCUT2D eigenvalue weighted by Crippen LogP contribution is -2.07. The third-order valence-corrected chi connectivity index (χ3v) is 4.53. The number of hydrogen-bond donors (Lipinski definition) is 0. The lowest BCUT2D eigenvalue weighted by molar-refractivity contribution is 0.686. The molecule has 2 nitrogen and oxygen atoms in total. The Morgan fingerprint density at radius 1 is 1.11 bits per heavy atom. The van der Waals surface area contributed by atoms with E-state index in [0.717, 1.165) is 10.8 Å². The summed E-state index contributed by atoms with van der Waals surface area (Å²) in [6.07, 6.45) is 5.15. The standard InChI is InChI=1S/C15H18N2S/c1-17(2)15-16-14(10-18-15)13-8-7-11-5-3-4-6-12(11)9-13/h7-10H,3-6H2,1-2H3. The Balaban J connectivity index is 1.95. The predicted octanol–water partition coefficient (Wildman–Crippen LogP) is 3.75. The summed E-state index contributed by atoms with van der Waals surface area (Å²) in [5.74, 6) is 0. The summed E-state index contributed by atoms with van der Waals surface area (Å²) in [5, 5.41) is 3.22. The molecule has 3 heteroatoms. The van der Waals surface area contributed by atoms with Gasteiger partial charge in [-0.05, 0) is 42.9 Å². The van der Waals surface area contributed by atoms with Crippen molar-refractivity contribution in [1.29, 1.82) is 0 Å². The van der Waals surface area contributed by atoms with Crippen molar-refractivity contribution in [3.05, 3.63) is 34.7 Å². The average Bonchev–Trinajstić information content (AvgIpc) is 2.88. The van der Waals surface area contributed by atoms with Crippen LogP contribution in [0, 0.1) is 0 Å². The van der Waals surface area contributed by atoms with Crippen LogP contribution >= 0.6 is 11.3 Å². The SMILES string of the molecule is CN(C)c1nc(-c2ccc3c(c2)CCCC3)cs1. The zero-order valence-electron chi connectivity index (χ0n) is 10.9. The summed E-state index contributed by atoms with van der Waals surface area (Å²) in [7, 11) is 4.07. The molecule has 0 radical (unpaired) electrons. The number of hydrogen-bond acceptors (Lipinski definition) is 3.